The Morgan fingerprint density at radius 1 is 1.60 bits per heavy atom. The molecular formula is C13H12FN3O3. The number of nitriles is 1. The van der Waals surface area contributed by atoms with Gasteiger partial charge < -0.3 is 10.4 Å². The van der Waals surface area contributed by atoms with E-state index in [1.54, 1.807) is 6.07 Å². The Bertz CT molecular complexity index is 597. The Hall–Kier alpha value is -2.46. The second-order valence-electron chi connectivity index (χ2n) is 4.49. The highest BCUT2D eigenvalue weighted by atomic mass is 19.1. The lowest BCUT2D eigenvalue weighted by Gasteiger charge is -2.32. The maximum atomic E-state index is 13.2. The average molecular weight is 277 g/mol. The Morgan fingerprint density at radius 3 is 3.00 bits per heavy atom. The summed E-state index contributed by atoms with van der Waals surface area (Å²) < 4.78 is 13.2. The number of carbonyl (C=O) groups excluding carboxylic acids is 1. The summed E-state index contributed by atoms with van der Waals surface area (Å²) in [6, 6.07) is 4.89. The summed E-state index contributed by atoms with van der Waals surface area (Å²) in [7, 11) is 0. The smallest absolute Gasteiger partial charge is 0.322 e. The average Bonchev–Trinajstić information content (AvgIpc) is 2.40. The van der Waals surface area contributed by atoms with Crippen molar-refractivity contribution in [1.82, 2.24) is 10.2 Å². The van der Waals surface area contributed by atoms with E-state index in [-0.39, 0.29) is 31.1 Å². The molecular weight excluding hydrogens is 265 g/mol. The molecule has 1 aromatic rings. The van der Waals surface area contributed by atoms with Crippen LogP contribution in [0.1, 0.15) is 11.1 Å². The van der Waals surface area contributed by atoms with Gasteiger partial charge in [-0.2, -0.15) is 5.26 Å². The predicted octanol–water partition coefficient (Wildman–Crippen LogP) is 0.0824. The van der Waals surface area contributed by atoms with E-state index in [2.05, 4.69) is 5.32 Å². The summed E-state index contributed by atoms with van der Waals surface area (Å²) in [5, 5.41) is 20.4. The van der Waals surface area contributed by atoms with Crippen molar-refractivity contribution in [1.29, 1.82) is 5.26 Å². The summed E-state index contributed by atoms with van der Waals surface area (Å²) in [5.74, 6) is -1.92. The zero-order valence-electron chi connectivity index (χ0n) is 10.5. The molecule has 20 heavy (non-hydrogen) atoms. The molecule has 1 fully saturated rings. The van der Waals surface area contributed by atoms with Gasteiger partial charge in [0.25, 0.3) is 0 Å². The lowest BCUT2D eigenvalue weighted by molar-refractivity contribution is -0.146. The van der Waals surface area contributed by atoms with Gasteiger partial charge in [0.05, 0.1) is 12.1 Å². The van der Waals surface area contributed by atoms with Crippen LogP contribution in [0.4, 0.5) is 4.39 Å². The van der Waals surface area contributed by atoms with Crippen LogP contribution >= 0.6 is 0 Å². The normalized spacial score (nSPS) is 19.2. The Kier molecular flexibility index (Phi) is 3.96. The number of halogens is 1. The lowest BCUT2D eigenvalue weighted by Crippen LogP contribution is -2.56. The molecule has 7 heteroatoms. The van der Waals surface area contributed by atoms with Gasteiger partial charge in [-0.05, 0) is 17.7 Å². The number of amides is 1. The highest BCUT2D eigenvalue weighted by molar-refractivity contribution is 5.83. The predicted molar refractivity (Wildman–Crippen MR) is 66.0 cm³/mol. The first-order valence-corrected chi connectivity index (χ1v) is 5.93. The zero-order chi connectivity index (χ0) is 14.7. The molecule has 0 bridgehead atoms. The number of carboxylic acid groups (broad SMARTS) is 1. The van der Waals surface area contributed by atoms with Crippen LogP contribution in [-0.4, -0.2) is 41.0 Å². The fourth-order valence-electron chi connectivity index (χ4n) is 2.09. The molecule has 1 aromatic carbocycles. The van der Waals surface area contributed by atoms with Gasteiger partial charge in [0.15, 0.2) is 0 Å². The van der Waals surface area contributed by atoms with Gasteiger partial charge >= 0.3 is 5.97 Å². The third-order valence-electron chi connectivity index (χ3n) is 3.10. The van der Waals surface area contributed by atoms with Crippen molar-refractivity contribution in [3.8, 4) is 6.07 Å². The first kappa shape index (κ1) is 14.0. The highest BCUT2D eigenvalue weighted by Gasteiger charge is 2.31. The van der Waals surface area contributed by atoms with E-state index in [0.717, 1.165) is 6.07 Å². The molecule has 2 rings (SSSR count). The second-order valence-corrected chi connectivity index (χ2v) is 4.49. The quantitative estimate of drug-likeness (QED) is 0.816. The fraction of sp³-hybridized carbons (Fsp3) is 0.308. The van der Waals surface area contributed by atoms with Gasteiger partial charge in [0, 0.05) is 13.1 Å². The molecule has 0 radical (unpaired) electrons. The molecule has 6 nitrogen and oxygen atoms in total. The Morgan fingerprint density at radius 2 is 2.35 bits per heavy atom. The maximum Gasteiger partial charge on any atom is 0.322 e. The molecule has 0 spiro atoms. The van der Waals surface area contributed by atoms with Crippen LogP contribution in [0, 0.1) is 17.1 Å². The van der Waals surface area contributed by atoms with E-state index in [9.17, 15) is 14.0 Å². The standard InChI is InChI=1S/C13H12FN3O3/c14-10-2-1-8(3-9(10)4-15)6-17-7-12(18)16-5-11(17)13(19)20/h1-3,11H,5-7H2,(H,16,18)(H,19,20). The van der Waals surface area contributed by atoms with Gasteiger partial charge in [0.1, 0.15) is 17.9 Å². The SMILES string of the molecule is N#Cc1cc(CN2CC(=O)NCC2C(=O)O)ccc1F. The van der Waals surface area contributed by atoms with E-state index in [0.29, 0.717) is 5.56 Å². The number of hydrogen-bond acceptors (Lipinski definition) is 4. The number of carboxylic acids is 1. The fourth-order valence-corrected chi connectivity index (χ4v) is 2.09. The van der Waals surface area contributed by atoms with Crippen molar-refractivity contribution in [3.05, 3.63) is 35.1 Å². The molecule has 1 aliphatic rings. The van der Waals surface area contributed by atoms with Gasteiger partial charge in [-0.15, -0.1) is 0 Å². The van der Waals surface area contributed by atoms with Gasteiger partial charge in [-0.1, -0.05) is 6.07 Å². The van der Waals surface area contributed by atoms with E-state index in [1.165, 1.54) is 17.0 Å². The molecule has 1 heterocycles. The van der Waals surface area contributed by atoms with Crippen LogP contribution in [0.3, 0.4) is 0 Å². The van der Waals surface area contributed by atoms with E-state index in [1.807, 2.05) is 0 Å². The Balaban J connectivity index is 2.20. The van der Waals surface area contributed by atoms with Gasteiger partial charge in [-0.3, -0.25) is 14.5 Å². The number of piperazine rings is 1. The van der Waals surface area contributed by atoms with Crippen molar-refractivity contribution >= 4 is 11.9 Å². The van der Waals surface area contributed by atoms with E-state index < -0.39 is 17.8 Å². The molecule has 0 saturated carbocycles. The minimum Gasteiger partial charge on any atom is -0.480 e. The summed E-state index contributed by atoms with van der Waals surface area (Å²) in [6.45, 7) is 0.149. The monoisotopic (exact) mass is 277 g/mol. The lowest BCUT2D eigenvalue weighted by atomic mass is 10.1. The first-order valence-electron chi connectivity index (χ1n) is 5.93. The van der Waals surface area contributed by atoms with Crippen LogP contribution in [0.5, 0.6) is 0 Å². The minimum absolute atomic E-state index is 0.0282. The number of rotatable bonds is 3. The second kappa shape index (κ2) is 5.67. The Labute approximate surface area is 114 Å². The minimum atomic E-state index is -1.03. The van der Waals surface area contributed by atoms with Crippen LogP contribution < -0.4 is 5.32 Å². The number of aliphatic carboxylic acids is 1. The maximum absolute atomic E-state index is 13.2. The summed E-state index contributed by atoms with van der Waals surface area (Å²) >= 11 is 0. The number of nitrogens with one attached hydrogen (secondary N) is 1. The van der Waals surface area contributed by atoms with Gasteiger partial charge in [-0.25, -0.2) is 4.39 Å². The molecule has 0 aliphatic carbocycles. The molecule has 2 N–H and O–H groups in total. The largest absolute Gasteiger partial charge is 0.480 e. The third-order valence-corrected chi connectivity index (χ3v) is 3.10. The topological polar surface area (TPSA) is 93.4 Å². The molecule has 1 saturated heterocycles. The molecule has 1 amide bonds. The third kappa shape index (κ3) is 2.92. The van der Waals surface area contributed by atoms with Crippen LogP contribution in [0.25, 0.3) is 0 Å². The molecule has 1 aliphatic heterocycles. The van der Waals surface area contributed by atoms with E-state index in [4.69, 9.17) is 10.4 Å². The zero-order valence-corrected chi connectivity index (χ0v) is 10.5. The van der Waals surface area contributed by atoms with E-state index >= 15 is 0 Å². The molecule has 1 unspecified atom stereocenters. The number of hydrogen-bond donors (Lipinski definition) is 2. The van der Waals surface area contributed by atoms with Gasteiger partial charge in [0.2, 0.25) is 5.91 Å². The number of carbonyl (C=O) groups is 2. The summed E-state index contributed by atoms with van der Waals surface area (Å²) in [4.78, 5) is 24.0. The van der Waals surface area contributed by atoms with Crippen molar-refractivity contribution in [2.24, 2.45) is 0 Å². The number of nitrogens with zero attached hydrogens (tertiary/aromatic N) is 2. The molecule has 0 aromatic heterocycles. The molecule has 104 valence electrons. The summed E-state index contributed by atoms with van der Waals surface area (Å²) in [5.41, 5.74) is 0.486. The van der Waals surface area contributed by atoms with Crippen LogP contribution in [-0.2, 0) is 16.1 Å². The molecule has 1 atom stereocenters. The highest BCUT2D eigenvalue weighted by Crippen LogP contribution is 2.14. The van der Waals surface area contributed by atoms with Crippen molar-refractivity contribution in [3.63, 3.8) is 0 Å². The van der Waals surface area contributed by atoms with Crippen LogP contribution in [0.15, 0.2) is 18.2 Å². The number of benzene rings is 1. The van der Waals surface area contributed by atoms with Crippen molar-refractivity contribution < 1.29 is 19.1 Å². The van der Waals surface area contributed by atoms with Crippen molar-refractivity contribution in [2.45, 2.75) is 12.6 Å². The first-order chi connectivity index (χ1) is 9.51. The van der Waals surface area contributed by atoms with Crippen LogP contribution in [0.2, 0.25) is 0 Å². The summed E-state index contributed by atoms with van der Waals surface area (Å²) in [6.07, 6.45) is 0. The van der Waals surface area contributed by atoms with Crippen molar-refractivity contribution in [2.75, 3.05) is 13.1 Å².